The summed E-state index contributed by atoms with van der Waals surface area (Å²) in [7, 11) is 0. The molecule has 0 radical (unpaired) electrons. The van der Waals surface area contributed by atoms with Crippen molar-refractivity contribution in [1.82, 2.24) is 9.97 Å². The van der Waals surface area contributed by atoms with Crippen molar-refractivity contribution in [3.8, 4) is 5.88 Å². The summed E-state index contributed by atoms with van der Waals surface area (Å²) in [5.41, 5.74) is 3.41. The normalized spacial score (nSPS) is 10.9. The van der Waals surface area contributed by atoms with E-state index in [2.05, 4.69) is 15.3 Å². The highest BCUT2D eigenvalue weighted by atomic mass is 35.5. The van der Waals surface area contributed by atoms with Crippen molar-refractivity contribution < 1.29 is 9.53 Å². The van der Waals surface area contributed by atoms with E-state index in [4.69, 9.17) is 16.3 Å². The van der Waals surface area contributed by atoms with Crippen LogP contribution in [-0.2, 0) is 0 Å². The van der Waals surface area contributed by atoms with Gasteiger partial charge >= 0.3 is 0 Å². The lowest BCUT2D eigenvalue weighted by atomic mass is 10.1. The van der Waals surface area contributed by atoms with Crippen LogP contribution in [0.1, 0.15) is 33.3 Å². The summed E-state index contributed by atoms with van der Waals surface area (Å²) in [5.74, 6) is 0.293. The maximum atomic E-state index is 12.8. The number of halogens is 1. The van der Waals surface area contributed by atoms with Gasteiger partial charge in [-0.05, 0) is 50.5 Å². The quantitative estimate of drug-likeness (QED) is 0.702. The first-order chi connectivity index (χ1) is 11.9. The van der Waals surface area contributed by atoms with Crippen LogP contribution in [0.3, 0.4) is 0 Å². The van der Waals surface area contributed by atoms with Gasteiger partial charge in [0.1, 0.15) is 11.2 Å². The van der Waals surface area contributed by atoms with Gasteiger partial charge in [-0.2, -0.15) is 0 Å². The van der Waals surface area contributed by atoms with Gasteiger partial charge in [0.25, 0.3) is 5.91 Å². The summed E-state index contributed by atoms with van der Waals surface area (Å²) in [6, 6.07) is 3.82. The maximum absolute atomic E-state index is 12.8. The third-order valence-electron chi connectivity index (χ3n) is 3.85. The van der Waals surface area contributed by atoms with E-state index in [0.717, 1.165) is 26.9 Å². The molecular weight excluding hydrogens is 358 g/mol. The Morgan fingerprint density at radius 2 is 2.04 bits per heavy atom. The largest absolute Gasteiger partial charge is 0.477 e. The van der Waals surface area contributed by atoms with Crippen molar-refractivity contribution >= 4 is 44.7 Å². The molecule has 1 N–H and O–H groups in total. The lowest BCUT2D eigenvalue weighted by molar-refractivity contribution is 0.103. The van der Waals surface area contributed by atoms with E-state index >= 15 is 0 Å². The predicted molar refractivity (Wildman–Crippen MR) is 102 cm³/mol. The minimum atomic E-state index is -0.211. The predicted octanol–water partition coefficient (Wildman–Crippen LogP) is 4.92. The average molecular weight is 376 g/mol. The number of rotatable bonds is 4. The molecule has 1 aromatic carbocycles. The van der Waals surface area contributed by atoms with Crippen molar-refractivity contribution in [2.24, 2.45) is 0 Å². The highest BCUT2D eigenvalue weighted by molar-refractivity contribution is 7.20. The number of nitrogens with one attached hydrogen (secondary N) is 1. The molecule has 2 heterocycles. The zero-order chi connectivity index (χ0) is 18.1. The molecule has 0 saturated heterocycles. The Morgan fingerprint density at radius 3 is 2.72 bits per heavy atom. The number of aromatic nitrogens is 2. The standard InChI is InChI=1S/C18H18ClN3O2S/c1-5-24-17-13-11(4)15(25-18(13)21-8-20-17)16(23)22-14-10(3)6-9(2)7-12(14)19/h6-8H,5H2,1-4H3,(H,22,23). The molecule has 0 bridgehead atoms. The van der Waals surface area contributed by atoms with E-state index < -0.39 is 0 Å². The molecule has 25 heavy (non-hydrogen) atoms. The fraction of sp³-hybridized carbons (Fsp3) is 0.278. The van der Waals surface area contributed by atoms with Crippen LogP contribution in [0.2, 0.25) is 5.02 Å². The molecule has 0 atom stereocenters. The van der Waals surface area contributed by atoms with Crippen LogP contribution >= 0.6 is 22.9 Å². The fourth-order valence-corrected chi connectivity index (χ4v) is 4.15. The van der Waals surface area contributed by atoms with E-state index in [0.29, 0.717) is 28.1 Å². The van der Waals surface area contributed by atoms with Crippen LogP contribution in [0.5, 0.6) is 5.88 Å². The number of carbonyl (C=O) groups is 1. The summed E-state index contributed by atoms with van der Waals surface area (Å²) in [6.45, 7) is 8.16. The van der Waals surface area contributed by atoms with E-state index in [1.165, 1.54) is 17.7 Å². The maximum Gasteiger partial charge on any atom is 0.266 e. The number of thiophene rings is 1. The Kier molecular flexibility index (Phi) is 4.92. The summed E-state index contributed by atoms with van der Waals surface area (Å²) in [6.07, 6.45) is 1.45. The SMILES string of the molecule is CCOc1ncnc2sc(C(=O)Nc3c(C)cc(C)cc3Cl)c(C)c12. The second kappa shape index (κ2) is 6.98. The highest BCUT2D eigenvalue weighted by Gasteiger charge is 2.21. The van der Waals surface area contributed by atoms with Gasteiger partial charge in [-0.15, -0.1) is 11.3 Å². The first kappa shape index (κ1) is 17.6. The first-order valence-corrected chi connectivity index (χ1v) is 9.06. The topological polar surface area (TPSA) is 64.1 Å². The van der Waals surface area contributed by atoms with Crippen LogP contribution in [-0.4, -0.2) is 22.5 Å². The molecule has 0 saturated carbocycles. The van der Waals surface area contributed by atoms with Gasteiger partial charge in [-0.1, -0.05) is 17.7 Å². The molecular formula is C18H18ClN3O2S. The molecule has 130 valence electrons. The van der Waals surface area contributed by atoms with Crippen molar-refractivity contribution in [2.75, 3.05) is 11.9 Å². The third-order valence-corrected chi connectivity index (χ3v) is 5.35. The Hall–Kier alpha value is -2.18. The zero-order valence-electron chi connectivity index (χ0n) is 14.4. The van der Waals surface area contributed by atoms with Gasteiger partial charge in [0.05, 0.1) is 27.6 Å². The molecule has 0 unspecified atom stereocenters. The van der Waals surface area contributed by atoms with Gasteiger partial charge < -0.3 is 10.1 Å². The number of aryl methyl sites for hydroxylation is 3. The Balaban J connectivity index is 2.01. The number of nitrogens with zero attached hydrogens (tertiary/aromatic N) is 2. The van der Waals surface area contributed by atoms with E-state index in [1.54, 1.807) is 0 Å². The lowest BCUT2D eigenvalue weighted by Gasteiger charge is -2.11. The van der Waals surface area contributed by atoms with Crippen molar-refractivity contribution in [3.05, 3.63) is 45.1 Å². The molecule has 0 fully saturated rings. The van der Waals surface area contributed by atoms with Gasteiger partial charge in [0.15, 0.2) is 0 Å². The van der Waals surface area contributed by atoms with Crippen LogP contribution in [0.4, 0.5) is 5.69 Å². The summed E-state index contributed by atoms with van der Waals surface area (Å²) >= 11 is 7.62. The van der Waals surface area contributed by atoms with E-state index in [-0.39, 0.29) is 5.91 Å². The monoisotopic (exact) mass is 375 g/mol. The molecule has 5 nitrogen and oxygen atoms in total. The number of hydrogen-bond donors (Lipinski definition) is 1. The molecule has 2 aromatic heterocycles. The zero-order valence-corrected chi connectivity index (χ0v) is 16.0. The number of carbonyl (C=O) groups excluding carboxylic acids is 1. The first-order valence-electron chi connectivity index (χ1n) is 7.87. The number of benzene rings is 1. The molecule has 1 amide bonds. The summed E-state index contributed by atoms with van der Waals surface area (Å²) in [4.78, 5) is 22.6. The van der Waals surface area contributed by atoms with Gasteiger partial charge in [0.2, 0.25) is 5.88 Å². The summed E-state index contributed by atoms with van der Waals surface area (Å²) < 4.78 is 5.57. The highest BCUT2D eigenvalue weighted by Crippen LogP contribution is 2.35. The lowest BCUT2D eigenvalue weighted by Crippen LogP contribution is -2.13. The number of ether oxygens (including phenoxy) is 1. The number of anilines is 1. The molecule has 3 rings (SSSR count). The van der Waals surface area contributed by atoms with Crippen LogP contribution in [0.25, 0.3) is 10.2 Å². The van der Waals surface area contributed by atoms with Crippen LogP contribution in [0.15, 0.2) is 18.5 Å². The third kappa shape index (κ3) is 3.32. The van der Waals surface area contributed by atoms with E-state index in [9.17, 15) is 4.79 Å². The minimum Gasteiger partial charge on any atom is -0.477 e. The fourth-order valence-electron chi connectivity index (χ4n) is 2.75. The molecule has 0 aliphatic heterocycles. The summed E-state index contributed by atoms with van der Waals surface area (Å²) in [5, 5.41) is 4.24. The second-order valence-electron chi connectivity index (χ2n) is 5.74. The molecule has 7 heteroatoms. The van der Waals surface area contributed by atoms with Crippen LogP contribution < -0.4 is 10.1 Å². The molecule has 0 aliphatic rings. The van der Waals surface area contributed by atoms with Crippen LogP contribution in [0, 0.1) is 20.8 Å². The number of amides is 1. The Morgan fingerprint density at radius 1 is 1.28 bits per heavy atom. The smallest absolute Gasteiger partial charge is 0.266 e. The van der Waals surface area contributed by atoms with Gasteiger partial charge in [-0.3, -0.25) is 4.79 Å². The average Bonchev–Trinajstić information content (AvgIpc) is 2.89. The second-order valence-corrected chi connectivity index (χ2v) is 7.15. The molecule has 3 aromatic rings. The van der Waals surface area contributed by atoms with E-state index in [1.807, 2.05) is 39.8 Å². The van der Waals surface area contributed by atoms with Crippen molar-refractivity contribution in [1.29, 1.82) is 0 Å². The van der Waals surface area contributed by atoms with Crippen molar-refractivity contribution in [2.45, 2.75) is 27.7 Å². The Bertz CT molecular complexity index is 945. The van der Waals surface area contributed by atoms with Crippen molar-refractivity contribution in [3.63, 3.8) is 0 Å². The number of hydrogen-bond acceptors (Lipinski definition) is 5. The Labute approximate surface area is 155 Å². The number of fused-ring (bicyclic) bond motifs is 1. The minimum absolute atomic E-state index is 0.211. The van der Waals surface area contributed by atoms with Gasteiger partial charge in [-0.25, -0.2) is 9.97 Å². The van der Waals surface area contributed by atoms with Gasteiger partial charge in [0, 0.05) is 0 Å². The molecule has 0 aliphatic carbocycles. The molecule has 0 spiro atoms.